The van der Waals surface area contributed by atoms with Crippen molar-refractivity contribution in [2.45, 2.75) is 6.54 Å². The minimum absolute atomic E-state index is 0.191. The summed E-state index contributed by atoms with van der Waals surface area (Å²) in [5.74, 6) is -0.191. The number of carbonyl (C=O) groups is 1. The van der Waals surface area contributed by atoms with E-state index < -0.39 is 0 Å². The summed E-state index contributed by atoms with van der Waals surface area (Å²) in [6.45, 7) is 0.340. The molecule has 0 saturated carbocycles. The van der Waals surface area contributed by atoms with E-state index in [9.17, 15) is 4.79 Å². The van der Waals surface area contributed by atoms with E-state index in [2.05, 4.69) is 15.3 Å². The highest BCUT2D eigenvalue weighted by molar-refractivity contribution is 5.93. The van der Waals surface area contributed by atoms with Crippen LogP contribution in [-0.2, 0) is 6.54 Å². The molecular weight excluding hydrogens is 266 g/mol. The van der Waals surface area contributed by atoms with Crippen molar-refractivity contribution in [1.29, 1.82) is 0 Å². The maximum atomic E-state index is 11.8. The topological polar surface area (TPSA) is 68.0 Å². The third kappa shape index (κ3) is 3.14. The van der Waals surface area contributed by atoms with Gasteiger partial charge in [-0.3, -0.25) is 4.79 Å². The van der Waals surface area contributed by atoms with Crippen molar-refractivity contribution in [2.75, 3.05) is 0 Å². The summed E-state index contributed by atoms with van der Waals surface area (Å²) in [7, 11) is 0. The maximum absolute atomic E-state index is 11.8. The Morgan fingerprint density at radius 3 is 2.76 bits per heavy atom. The van der Waals surface area contributed by atoms with Gasteiger partial charge in [0, 0.05) is 5.56 Å². The summed E-state index contributed by atoms with van der Waals surface area (Å²) in [5, 5.41) is 2.79. The molecule has 0 aliphatic rings. The van der Waals surface area contributed by atoms with Crippen LogP contribution in [0.15, 0.2) is 65.7 Å². The van der Waals surface area contributed by atoms with Crippen LogP contribution in [0.25, 0.3) is 11.3 Å². The summed E-state index contributed by atoms with van der Waals surface area (Å²) < 4.78 is 4.88. The second-order valence-electron chi connectivity index (χ2n) is 4.46. The SMILES string of the molecule is O=C(NCc1cc(-c2ccccc2)ncn1)c1ccoc1. The molecule has 0 radical (unpaired) electrons. The Labute approximate surface area is 121 Å². The van der Waals surface area contributed by atoms with Gasteiger partial charge in [0.05, 0.1) is 29.8 Å². The molecule has 21 heavy (non-hydrogen) atoms. The van der Waals surface area contributed by atoms with Crippen LogP contribution in [0.1, 0.15) is 16.1 Å². The van der Waals surface area contributed by atoms with E-state index in [1.165, 1.54) is 18.9 Å². The third-order valence-electron chi connectivity index (χ3n) is 3.01. The van der Waals surface area contributed by atoms with Crippen molar-refractivity contribution in [3.05, 3.63) is 72.6 Å². The monoisotopic (exact) mass is 279 g/mol. The molecule has 1 N–H and O–H groups in total. The summed E-state index contributed by atoms with van der Waals surface area (Å²) in [6, 6.07) is 13.3. The molecule has 1 amide bonds. The molecule has 0 aliphatic heterocycles. The minimum Gasteiger partial charge on any atom is -0.472 e. The van der Waals surface area contributed by atoms with E-state index >= 15 is 0 Å². The van der Waals surface area contributed by atoms with Crippen LogP contribution in [0.4, 0.5) is 0 Å². The van der Waals surface area contributed by atoms with Gasteiger partial charge in [0.15, 0.2) is 0 Å². The average molecular weight is 279 g/mol. The molecule has 2 heterocycles. The van der Waals surface area contributed by atoms with E-state index in [4.69, 9.17) is 4.42 Å². The first-order valence-corrected chi connectivity index (χ1v) is 6.49. The molecule has 0 saturated heterocycles. The van der Waals surface area contributed by atoms with Crippen LogP contribution in [-0.4, -0.2) is 15.9 Å². The zero-order valence-electron chi connectivity index (χ0n) is 11.2. The van der Waals surface area contributed by atoms with Crippen LogP contribution >= 0.6 is 0 Å². The largest absolute Gasteiger partial charge is 0.472 e. The fourth-order valence-corrected chi connectivity index (χ4v) is 1.93. The van der Waals surface area contributed by atoms with Gasteiger partial charge in [-0.15, -0.1) is 0 Å². The molecular formula is C16H13N3O2. The van der Waals surface area contributed by atoms with Gasteiger partial charge in [-0.25, -0.2) is 9.97 Å². The van der Waals surface area contributed by atoms with Crippen molar-refractivity contribution in [1.82, 2.24) is 15.3 Å². The molecule has 0 aliphatic carbocycles. The Bertz CT molecular complexity index is 724. The smallest absolute Gasteiger partial charge is 0.254 e. The van der Waals surface area contributed by atoms with Crippen LogP contribution in [0.2, 0.25) is 0 Å². The van der Waals surface area contributed by atoms with Crippen molar-refractivity contribution < 1.29 is 9.21 Å². The van der Waals surface area contributed by atoms with E-state index in [0.717, 1.165) is 17.0 Å². The molecule has 104 valence electrons. The van der Waals surface area contributed by atoms with Crippen molar-refractivity contribution in [3.8, 4) is 11.3 Å². The van der Waals surface area contributed by atoms with Crippen LogP contribution in [0.5, 0.6) is 0 Å². The van der Waals surface area contributed by atoms with Crippen molar-refractivity contribution in [3.63, 3.8) is 0 Å². The fraction of sp³-hybridized carbons (Fsp3) is 0.0625. The van der Waals surface area contributed by atoms with Crippen LogP contribution in [0.3, 0.4) is 0 Å². The second-order valence-corrected chi connectivity index (χ2v) is 4.46. The number of furan rings is 1. The van der Waals surface area contributed by atoms with Crippen molar-refractivity contribution in [2.24, 2.45) is 0 Å². The van der Waals surface area contributed by atoms with Gasteiger partial charge in [-0.1, -0.05) is 30.3 Å². The summed E-state index contributed by atoms with van der Waals surface area (Å²) in [6.07, 6.45) is 4.37. The first-order chi connectivity index (χ1) is 10.3. The van der Waals surface area contributed by atoms with Crippen LogP contribution < -0.4 is 5.32 Å². The summed E-state index contributed by atoms with van der Waals surface area (Å²) >= 11 is 0. The Kier molecular flexibility index (Phi) is 3.73. The number of hydrogen-bond acceptors (Lipinski definition) is 4. The molecule has 1 aromatic carbocycles. The van der Waals surface area contributed by atoms with Crippen LogP contribution in [0, 0.1) is 0 Å². The molecule has 0 unspecified atom stereocenters. The average Bonchev–Trinajstić information content (AvgIpc) is 3.08. The summed E-state index contributed by atoms with van der Waals surface area (Å²) in [5.41, 5.74) is 3.09. The molecule has 3 aromatic rings. The molecule has 5 heteroatoms. The van der Waals surface area contributed by atoms with Gasteiger partial charge in [-0.05, 0) is 12.1 Å². The lowest BCUT2D eigenvalue weighted by Gasteiger charge is -2.05. The predicted octanol–water partition coefficient (Wildman–Crippen LogP) is 2.67. The number of benzene rings is 1. The number of amides is 1. The maximum Gasteiger partial charge on any atom is 0.254 e. The molecule has 2 aromatic heterocycles. The quantitative estimate of drug-likeness (QED) is 0.797. The second kappa shape index (κ2) is 6.00. The van der Waals surface area contributed by atoms with Gasteiger partial charge in [0.25, 0.3) is 5.91 Å². The Balaban J connectivity index is 1.71. The molecule has 0 spiro atoms. The van der Waals surface area contributed by atoms with Gasteiger partial charge in [0.2, 0.25) is 0 Å². The number of aromatic nitrogens is 2. The van der Waals surface area contributed by atoms with Gasteiger partial charge in [-0.2, -0.15) is 0 Å². The molecule has 0 bridgehead atoms. The highest BCUT2D eigenvalue weighted by atomic mass is 16.3. The summed E-state index contributed by atoms with van der Waals surface area (Å²) in [4.78, 5) is 20.2. The van der Waals surface area contributed by atoms with E-state index in [1.54, 1.807) is 6.07 Å². The molecule has 3 rings (SSSR count). The zero-order chi connectivity index (χ0) is 14.5. The van der Waals surface area contributed by atoms with Gasteiger partial charge < -0.3 is 9.73 Å². The molecule has 0 fully saturated rings. The standard InChI is InChI=1S/C16H13N3O2/c20-16(13-6-7-21-10-13)17-9-14-8-15(19-11-18-14)12-4-2-1-3-5-12/h1-8,10-11H,9H2,(H,17,20). The molecule has 5 nitrogen and oxygen atoms in total. The number of carbonyl (C=O) groups excluding carboxylic acids is 1. The first kappa shape index (κ1) is 13.1. The van der Waals surface area contributed by atoms with E-state index in [1.807, 2.05) is 36.4 Å². The highest BCUT2D eigenvalue weighted by Crippen LogP contribution is 2.16. The number of hydrogen-bond donors (Lipinski definition) is 1. The number of nitrogens with zero attached hydrogens (tertiary/aromatic N) is 2. The Hall–Kier alpha value is -2.95. The Morgan fingerprint density at radius 1 is 1.14 bits per heavy atom. The highest BCUT2D eigenvalue weighted by Gasteiger charge is 2.07. The molecule has 0 atom stereocenters. The zero-order valence-corrected chi connectivity index (χ0v) is 11.2. The van der Waals surface area contributed by atoms with Gasteiger partial charge >= 0.3 is 0 Å². The minimum atomic E-state index is -0.191. The predicted molar refractivity (Wildman–Crippen MR) is 77.3 cm³/mol. The van der Waals surface area contributed by atoms with Crippen molar-refractivity contribution >= 4 is 5.91 Å². The number of rotatable bonds is 4. The Morgan fingerprint density at radius 2 is 2.00 bits per heavy atom. The first-order valence-electron chi connectivity index (χ1n) is 6.49. The lowest BCUT2D eigenvalue weighted by molar-refractivity contribution is 0.0950. The number of nitrogens with one attached hydrogen (secondary N) is 1. The lowest BCUT2D eigenvalue weighted by Crippen LogP contribution is -2.22. The van der Waals surface area contributed by atoms with E-state index in [0.29, 0.717) is 12.1 Å². The normalized spacial score (nSPS) is 10.3. The van der Waals surface area contributed by atoms with E-state index in [-0.39, 0.29) is 5.91 Å². The third-order valence-corrected chi connectivity index (χ3v) is 3.01. The van der Waals surface area contributed by atoms with Gasteiger partial charge in [0.1, 0.15) is 12.6 Å². The lowest BCUT2D eigenvalue weighted by atomic mass is 10.1. The fourth-order valence-electron chi connectivity index (χ4n) is 1.93.